The summed E-state index contributed by atoms with van der Waals surface area (Å²) < 4.78 is 5.29. The van der Waals surface area contributed by atoms with E-state index in [1.54, 1.807) is 7.11 Å². The highest BCUT2D eigenvalue weighted by molar-refractivity contribution is 5.44. The Balaban J connectivity index is 1.71. The summed E-state index contributed by atoms with van der Waals surface area (Å²) in [5.74, 6) is 2.05. The van der Waals surface area contributed by atoms with Crippen molar-refractivity contribution in [3.05, 3.63) is 0 Å². The molecule has 3 rings (SSSR count). The standard InChI is InChI=1S/C13H22N6O/c1-14-11-16-12(15-9-7-10(8-9)20-2)18-13(17-11)19-5-3-4-6-19/h9-10H,3-8H2,1-2H3,(H2,14,15,16,17,18). The number of aromatic nitrogens is 3. The van der Waals surface area contributed by atoms with Crippen LogP contribution in [0.25, 0.3) is 0 Å². The lowest BCUT2D eigenvalue weighted by atomic mass is 9.89. The number of rotatable bonds is 5. The molecular weight excluding hydrogens is 256 g/mol. The van der Waals surface area contributed by atoms with Crippen molar-refractivity contribution in [1.29, 1.82) is 0 Å². The Kier molecular flexibility index (Phi) is 3.86. The molecule has 7 heteroatoms. The lowest BCUT2D eigenvalue weighted by Gasteiger charge is -2.34. The van der Waals surface area contributed by atoms with Crippen LogP contribution in [0.5, 0.6) is 0 Å². The largest absolute Gasteiger partial charge is 0.381 e. The molecule has 0 amide bonds. The molecule has 0 bridgehead atoms. The summed E-state index contributed by atoms with van der Waals surface area (Å²) in [5.41, 5.74) is 0. The minimum absolute atomic E-state index is 0.371. The molecule has 7 nitrogen and oxygen atoms in total. The number of hydrogen-bond donors (Lipinski definition) is 2. The number of methoxy groups -OCH3 is 1. The Bertz CT molecular complexity index is 456. The maximum absolute atomic E-state index is 5.29. The van der Waals surface area contributed by atoms with Crippen molar-refractivity contribution in [2.24, 2.45) is 0 Å². The highest BCUT2D eigenvalue weighted by atomic mass is 16.5. The van der Waals surface area contributed by atoms with Gasteiger partial charge in [-0.3, -0.25) is 0 Å². The van der Waals surface area contributed by atoms with Crippen molar-refractivity contribution >= 4 is 17.8 Å². The molecule has 2 heterocycles. The number of hydrogen-bond acceptors (Lipinski definition) is 7. The quantitative estimate of drug-likeness (QED) is 0.835. The van der Waals surface area contributed by atoms with Crippen LogP contribution in [-0.4, -0.2) is 54.3 Å². The molecule has 1 aliphatic carbocycles. The molecular formula is C13H22N6O. The summed E-state index contributed by atoms with van der Waals surface area (Å²) in [7, 11) is 3.59. The van der Waals surface area contributed by atoms with E-state index < -0.39 is 0 Å². The first-order valence-electron chi connectivity index (χ1n) is 7.26. The summed E-state index contributed by atoms with van der Waals surface area (Å²) in [4.78, 5) is 15.6. The number of nitrogens with zero attached hydrogens (tertiary/aromatic N) is 4. The van der Waals surface area contributed by atoms with Gasteiger partial charge in [0, 0.05) is 33.3 Å². The topological polar surface area (TPSA) is 75.2 Å². The summed E-state index contributed by atoms with van der Waals surface area (Å²) in [6.07, 6.45) is 4.81. The summed E-state index contributed by atoms with van der Waals surface area (Å²) in [6, 6.07) is 0.401. The molecule has 0 radical (unpaired) electrons. The van der Waals surface area contributed by atoms with Gasteiger partial charge in [0.05, 0.1) is 6.10 Å². The van der Waals surface area contributed by atoms with Gasteiger partial charge in [-0.05, 0) is 25.7 Å². The van der Waals surface area contributed by atoms with Crippen molar-refractivity contribution < 1.29 is 4.74 Å². The van der Waals surface area contributed by atoms with Gasteiger partial charge in [0.1, 0.15) is 0 Å². The summed E-state index contributed by atoms with van der Waals surface area (Å²) in [5, 5.41) is 6.38. The van der Waals surface area contributed by atoms with E-state index in [0.717, 1.165) is 31.9 Å². The molecule has 1 aromatic rings. The van der Waals surface area contributed by atoms with Crippen LogP contribution in [0.2, 0.25) is 0 Å². The normalized spacial score (nSPS) is 25.4. The number of anilines is 3. The minimum atomic E-state index is 0.371. The lowest BCUT2D eigenvalue weighted by Crippen LogP contribution is -2.40. The Hall–Kier alpha value is -1.63. The van der Waals surface area contributed by atoms with Crippen LogP contribution in [0.3, 0.4) is 0 Å². The average molecular weight is 278 g/mol. The van der Waals surface area contributed by atoms with Crippen LogP contribution < -0.4 is 15.5 Å². The van der Waals surface area contributed by atoms with E-state index in [4.69, 9.17) is 4.74 Å². The van der Waals surface area contributed by atoms with Gasteiger partial charge in [-0.2, -0.15) is 15.0 Å². The molecule has 1 saturated heterocycles. The van der Waals surface area contributed by atoms with Crippen LogP contribution in [0, 0.1) is 0 Å². The molecule has 20 heavy (non-hydrogen) atoms. The monoisotopic (exact) mass is 278 g/mol. The van der Waals surface area contributed by atoms with Crippen molar-refractivity contribution in [2.75, 3.05) is 42.8 Å². The average Bonchev–Trinajstić information content (AvgIpc) is 2.96. The highest BCUT2D eigenvalue weighted by Crippen LogP contribution is 2.26. The molecule has 1 aliphatic heterocycles. The minimum Gasteiger partial charge on any atom is -0.381 e. The van der Waals surface area contributed by atoms with Crippen molar-refractivity contribution in [3.8, 4) is 0 Å². The van der Waals surface area contributed by atoms with Gasteiger partial charge in [-0.25, -0.2) is 0 Å². The molecule has 110 valence electrons. The smallest absolute Gasteiger partial charge is 0.231 e. The highest BCUT2D eigenvalue weighted by Gasteiger charge is 2.29. The molecule has 1 saturated carbocycles. The second kappa shape index (κ2) is 5.78. The first-order chi connectivity index (χ1) is 9.78. The van der Waals surface area contributed by atoms with Crippen LogP contribution >= 0.6 is 0 Å². The number of ether oxygens (including phenoxy) is 1. The third kappa shape index (κ3) is 2.77. The lowest BCUT2D eigenvalue weighted by molar-refractivity contribution is 0.0327. The van der Waals surface area contributed by atoms with Gasteiger partial charge in [0.15, 0.2) is 0 Å². The second-order valence-electron chi connectivity index (χ2n) is 5.40. The first kappa shape index (κ1) is 13.4. The molecule has 1 aromatic heterocycles. The third-order valence-electron chi connectivity index (χ3n) is 4.00. The zero-order valence-electron chi connectivity index (χ0n) is 12.1. The van der Waals surface area contributed by atoms with E-state index in [9.17, 15) is 0 Å². The van der Waals surface area contributed by atoms with E-state index in [1.165, 1.54) is 12.8 Å². The summed E-state index contributed by atoms with van der Waals surface area (Å²) in [6.45, 7) is 2.06. The van der Waals surface area contributed by atoms with Gasteiger partial charge in [0.2, 0.25) is 17.8 Å². The van der Waals surface area contributed by atoms with Crippen LogP contribution in [0.1, 0.15) is 25.7 Å². The maximum Gasteiger partial charge on any atom is 0.231 e. The first-order valence-corrected chi connectivity index (χ1v) is 7.26. The predicted molar refractivity (Wildman–Crippen MR) is 78.3 cm³/mol. The maximum atomic E-state index is 5.29. The van der Waals surface area contributed by atoms with Crippen LogP contribution in [0.15, 0.2) is 0 Å². The van der Waals surface area contributed by atoms with E-state index in [-0.39, 0.29) is 0 Å². The third-order valence-corrected chi connectivity index (χ3v) is 4.00. The molecule has 0 atom stereocenters. The molecule has 0 unspecified atom stereocenters. The van der Waals surface area contributed by atoms with Gasteiger partial charge < -0.3 is 20.3 Å². The van der Waals surface area contributed by atoms with E-state index in [0.29, 0.717) is 24.0 Å². The van der Waals surface area contributed by atoms with Crippen LogP contribution in [0.4, 0.5) is 17.8 Å². The van der Waals surface area contributed by atoms with E-state index >= 15 is 0 Å². The number of nitrogens with one attached hydrogen (secondary N) is 2. The Morgan fingerprint density at radius 1 is 1.10 bits per heavy atom. The molecule has 2 fully saturated rings. The Morgan fingerprint density at radius 3 is 2.45 bits per heavy atom. The van der Waals surface area contributed by atoms with Gasteiger partial charge in [0.25, 0.3) is 0 Å². The van der Waals surface area contributed by atoms with Gasteiger partial charge in [-0.15, -0.1) is 0 Å². The second-order valence-corrected chi connectivity index (χ2v) is 5.40. The van der Waals surface area contributed by atoms with Crippen LogP contribution in [-0.2, 0) is 4.74 Å². The Labute approximate surface area is 119 Å². The molecule has 2 aliphatic rings. The zero-order valence-corrected chi connectivity index (χ0v) is 12.1. The fourth-order valence-corrected chi connectivity index (χ4v) is 2.66. The molecule has 0 aromatic carbocycles. The predicted octanol–water partition coefficient (Wildman–Crippen LogP) is 1.10. The summed E-state index contributed by atoms with van der Waals surface area (Å²) >= 11 is 0. The zero-order chi connectivity index (χ0) is 13.9. The Morgan fingerprint density at radius 2 is 1.80 bits per heavy atom. The fourth-order valence-electron chi connectivity index (χ4n) is 2.66. The van der Waals surface area contributed by atoms with Crippen molar-refractivity contribution in [2.45, 2.75) is 37.8 Å². The molecule has 0 spiro atoms. The SMILES string of the molecule is CNc1nc(NC2CC(OC)C2)nc(N2CCCC2)n1. The van der Waals surface area contributed by atoms with E-state index in [1.807, 2.05) is 7.05 Å². The fraction of sp³-hybridized carbons (Fsp3) is 0.769. The van der Waals surface area contributed by atoms with Gasteiger partial charge in [-0.1, -0.05) is 0 Å². The van der Waals surface area contributed by atoms with E-state index in [2.05, 4.69) is 30.5 Å². The van der Waals surface area contributed by atoms with Crippen molar-refractivity contribution in [1.82, 2.24) is 15.0 Å². The molecule has 2 N–H and O–H groups in total. The van der Waals surface area contributed by atoms with Crippen molar-refractivity contribution in [3.63, 3.8) is 0 Å². The van der Waals surface area contributed by atoms with Gasteiger partial charge >= 0.3 is 0 Å².